The number of aryl methyl sites for hydroxylation is 2. The zero-order valence-corrected chi connectivity index (χ0v) is 15.9. The fourth-order valence-electron chi connectivity index (χ4n) is 2.78. The van der Waals surface area contributed by atoms with Crippen LogP contribution in [0.4, 0.5) is 18.0 Å². The van der Waals surface area contributed by atoms with Crippen molar-refractivity contribution in [3.63, 3.8) is 0 Å². The number of urea groups is 1. The molecule has 1 aromatic carbocycles. The van der Waals surface area contributed by atoms with Crippen LogP contribution in [0, 0.1) is 19.8 Å². The van der Waals surface area contributed by atoms with Gasteiger partial charge in [0.25, 0.3) is 0 Å². The van der Waals surface area contributed by atoms with Crippen LogP contribution in [-0.4, -0.2) is 22.4 Å². The molecule has 2 rings (SSSR count). The Morgan fingerprint density at radius 1 is 1.19 bits per heavy atom. The molecule has 0 aliphatic heterocycles. The number of rotatable bonds is 6. The van der Waals surface area contributed by atoms with Crippen molar-refractivity contribution in [2.24, 2.45) is 5.92 Å². The first-order valence-corrected chi connectivity index (χ1v) is 8.79. The third-order valence-electron chi connectivity index (χ3n) is 4.28. The van der Waals surface area contributed by atoms with E-state index in [9.17, 15) is 18.0 Å². The van der Waals surface area contributed by atoms with Crippen LogP contribution < -0.4 is 10.6 Å². The molecule has 0 bridgehead atoms. The van der Waals surface area contributed by atoms with Gasteiger partial charge in [-0.05, 0) is 50.5 Å². The molecule has 27 heavy (non-hydrogen) atoms. The molecule has 0 fully saturated rings. The van der Waals surface area contributed by atoms with E-state index < -0.39 is 17.8 Å². The Balaban J connectivity index is 1.81. The Morgan fingerprint density at radius 3 is 2.33 bits per heavy atom. The molecule has 0 radical (unpaired) electrons. The van der Waals surface area contributed by atoms with E-state index >= 15 is 0 Å². The van der Waals surface area contributed by atoms with Gasteiger partial charge in [0.05, 0.1) is 17.3 Å². The second-order valence-electron chi connectivity index (χ2n) is 6.91. The molecule has 148 valence electrons. The largest absolute Gasteiger partial charge is 0.416 e. The first-order valence-electron chi connectivity index (χ1n) is 8.79. The second kappa shape index (κ2) is 8.45. The monoisotopic (exact) mass is 382 g/mol. The van der Waals surface area contributed by atoms with Crippen LogP contribution in [-0.2, 0) is 12.7 Å². The summed E-state index contributed by atoms with van der Waals surface area (Å²) in [4.78, 5) is 12.1. The Labute approximate surface area is 157 Å². The second-order valence-corrected chi connectivity index (χ2v) is 6.91. The van der Waals surface area contributed by atoms with Crippen molar-refractivity contribution in [1.82, 2.24) is 20.4 Å². The van der Waals surface area contributed by atoms with Gasteiger partial charge < -0.3 is 10.6 Å². The van der Waals surface area contributed by atoms with E-state index in [-0.39, 0.29) is 11.9 Å². The van der Waals surface area contributed by atoms with Crippen LogP contribution in [0.5, 0.6) is 0 Å². The highest BCUT2D eigenvalue weighted by atomic mass is 19.4. The maximum atomic E-state index is 12.6. The number of hydrogen-bond donors (Lipinski definition) is 2. The lowest BCUT2D eigenvalue weighted by molar-refractivity contribution is -0.137. The standard InChI is InChI=1S/C19H25F3N4O/c1-12(11-26-14(3)9-13(2)25-26)10-23-18(27)24-15(4)16-5-7-17(8-6-16)19(20,21)22/h5-9,12,15H,10-11H2,1-4H3,(H2,23,24,27). The quantitative estimate of drug-likeness (QED) is 0.786. The van der Waals surface area contributed by atoms with Crippen molar-refractivity contribution >= 4 is 6.03 Å². The van der Waals surface area contributed by atoms with Crippen LogP contribution in [0.3, 0.4) is 0 Å². The van der Waals surface area contributed by atoms with E-state index in [1.807, 2.05) is 31.5 Å². The molecule has 0 aliphatic carbocycles. The van der Waals surface area contributed by atoms with Gasteiger partial charge in [-0.25, -0.2) is 4.79 Å². The van der Waals surface area contributed by atoms with Crippen molar-refractivity contribution in [3.8, 4) is 0 Å². The summed E-state index contributed by atoms with van der Waals surface area (Å²) >= 11 is 0. The lowest BCUT2D eigenvalue weighted by Crippen LogP contribution is -2.39. The predicted molar refractivity (Wildman–Crippen MR) is 97.3 cm³/mol. The Hall–Kier alpha value is -2.51. The van der Waals surface area contributed by atoms with Gasteiger partial charge in [0.15, 0.2) is 0 Å². The van der Waals surface area contributed by atoms with Crippen LogP contribution >= 0.6 is 0 Å². The first-order chi connectivity index (χ1) is 12.6. The maximum Gasteiger partial charge on any atom is 0.416 e. The van der Waals surface area contributed by atoms with E-state index in [1.54, 1.807) is 6.92 Å². The van der Waals surface area contributed by atoms with E-state index in [4.69, 9.17) is 0 Å². The zero-order chi connectivity index (χ0) is 20.2. The molecule has 2 atom stereocenters. The summed E-state index contributed by atoms with van der Waals surface area (Å²) in [6.07, 6.45) is -4.37. The minimum atomic E-state index is -4.37. The highest BCUT2D eigenvalue weighted by molar-refractivity contribution is 5.74. The van der Waals surface area contributed by atoms with E-state index in [0.717, 1.165) is 23.5 Å². The summed E-state index contributed by atoms with van der Waals surface area (Å²) in [7, 11) is 0. The topological polar surface area (TPSA) is 59.0 Å². The number of alkyl halides is 3. The Bertz CT molecular complexity index is 768. The highest BCUT2D eigenvalue weighted by Gasteiger charge is 2.30. The molecule has 2 unspecified atom stereocenters. The predicted octanol–water partition coefficient (Wildman–Crippen LogP) is 4.22. The molecule has 0 spiro atoms. The number of benzene rings is 1. The number of aromatic nitrogens is 2. The number of nitrogens with one attached hydrogen (secondary N) is 2. The number of carbonyl (C=O) groups excluding carboxylic acids is 1. The number of halogens is 3. The SMILES string of the molecule is Cc1cc(C)n(CC(C)CNC(=O)NC(C)c2ccc(C(F)(F)F)cc2)n1. The van der Waals surface area contributed by atoms with Crippen molar-refractivity contribution in [2.75, 3.05) is 6.54 Å². The molecule has 1 aromatic heterocycles. The number of hydrogen-bond acceptors (Lipinski definition) is 2. The van der Waals surface area contributed by atoms with Crippen LogP contribution in [0.2, 0.25) is 0 Å². The summed E-state index contributed by atoms with van der Waals surface area (Å²) in [5.74, 6) is 0.176. The molecule has 2 N–H and O–H groups in total. The van der Waals surface area contributed by atoms with Gasteiger partial charge in [-0.1, -0.05) is 19.1 Å². The number of amides is 2. The Morgan fingerprint density at radius 2 is 1.81 bits per heavy atom. The van der Waals surface area contributed by atoms with Crippen molar-refractivity contribution in [3.05, 3.63) is 52.8 Å². The third kappa shape index (κ3) is 6.01. The van der Waals surface area contributed by atoms with Gasteiger partial charge in [-0.3, -0.25) is 4.68 Å². The molecule has 0 saturated heterocycles. The fourth-order valence-corrected chi connectivity index (χ4v) is 2.78. The lowest BCUT2D eigenvalue weighted by Gasteiger charge is -2.18. The third-order valence-corrected chi connectivity index (χ3v) is 4.28. The minimum absolute atomic E-state index is 0.176. The number of carbonyl (C=O) groups is 1. The van der Waals surface area contributed by atoms with Gasteiger partial charge >= 0.3 is 12.2 Å². The smallest absolute Gasteiger partial charge is 0.338 e. The maximum absolute atomic E-state index is 12.6. The molecular formula is C19H25F3N4O. The van der Waals surface area contributed by atoms with Crippen LogP contribution in [0.15, 0.2) is 30.3 Å². The zero-order valence-electron chi connectivity index (χ0n) is 15.9. The van der Waals surface area contributed by atoms with Gasteiger partial charge in [-0.15, -0.1) is 0 Å². The molecule has 0 saturated carbocycles. The molecule has 1 heterocycles. The van der Waals surface area contributed by atoms with Gasteiger partial charge in [0.2, 0.25) is 0 Å². The molecule has 2 aromatic rings. The normalized spacial score (nSPS) is 13.9. The van der Waals surface area contributed by atoms with Gasteiger partial charge in [-0.2, -0.15) is 18.3 Å². The Kier molecular flexibility index (Phi) is 6.51. The summed E-state index contributed by atoms with van der Waals surface area (Å²) in [6, 6.07) is 6.02. The van der Waals surface area contributed by atoms with Crippen molar-refractivity contribution in [1.29, 1.82) is 0 Å². The first kappa shape index (κ1) is 20.8. The lowest BCUT2D eigenvalue weighted by atomic mass is 10.1. The van der Waals surface area contributed by atoms with Crippen LogP contribution in [0.1, 0.15) is 42.4 Å². The van der Waals surface area contributed by atoms with Gasteiger partial charge in [0.1, 0.15) is 0 Å². The molecule has 5 nitrogen and oxygen atoms in total. The molecule has 0 aliphatic rings. The summed E-state index contributed by atoms with van der Waals surface area (Å²) < 4.78 is 39.7. The minimum Gasteiger partial charge on any atom is -0.338 e. The molecule has 8 heteroatoms. The average Bonchev–Trinajstić information content (AvgIpc) is 2.89. The van der Waals surface area contributed by atoms with Crippen molar-refractivity contribution in [2.45, 2.75) is 46.5 Å². The fraction of sp³-hybridized carbons (Fsp3) is 0.474. The van der Waals surface area contributed by atoms with E-state index in [0.29, 0.717) is 18.7 Å². The van der Waals surface area contributed by atoms with Gasteiger partial charge in [0, 0.05) is 18.8 Å². The van der Waals surface area contributed by atoms with Crippen molar-refractivity contribution < 1.29 is 18.0 Å². The number of nitrogens with zero attached hydrogens (tertiary/aromatic N) is 2. The van der Waals surface area contributed by atoms with E-state index in [1.165, 1.54) is 12.1 Å². The molecule has 2 amide bonds. The van der Waals surface area contributed by atoms with E-state index in [2.05, 4.69) is 15.7 Å². The summed E-state index contributed by atoms with van der Waals surface area (Å²) in [5.41, 5.74) is 1.92. The highest BCUT2D eigenvalue weighted by Crippen LogP contribution is 2.29. The summed E-state index contributed by atoms with van der Waals surface area (Å²) in [6.45, 7) is 8.80. The summed E-state index contributed by atoms with van der Waals surface area (Å²) in [5, 5.41) is 9.93. The average molecular weight is 382 g/mol. The molecular weight excluding hydrogens is 357 g/mol. The van der Waals surface area contributed by atoms with Crippen LogP contribution in [0.25, 0.3) is 0 Å².